The molecule has 1 aromatic rings. The van der Waals surface area contributed by atoms with Gasteiger partial charge in [-0.1, -0.05) is 23.7 Å². The van der Waals surface area contributed by atoms with Crippen molar-refractivity contribution in [1.29, 1.82) is 0 Å². The maximum absolute atomic E-state index is 12.4. The van der Waals surface area contributed by atoms with Gasteiger partial charge in [0.25, 0.3) is 0 Å². The minimum atomic E-state index is -0.851. The number of halogens is 1. The van der Waals surface area contributed by atoms with E-state index in [0.29, 0.717) is 5.02 Å². The van der Waals surface area contributed by atoms with E-state index in [9.17, 15) is 9.59 Å². The average molecular weight is 281 g/mol. The third-order valence-corrected chi connectivity index (χ3v) is 3.63. The summed E-state index contributed by atoms with van der Waals surface area (Å²) >= 11 is 5.85. The number of nitrogens with one attached hydrogen (secondary N) is 1. The second-order valence-electron chi connectivity index (χ2n) is 5.33. The van der Waals surface area contributed by atoms with Gasteiger partial charge < -0.3 is 10.2 Å². The van der Waals surface area contributed by atoms with E-state index in [1.807, 2.05) is 19.1 Å². The van der Waals surface area contributed by atoms with Crippen molar-refractivity contribution >= 4 is 23.4 Å². The Labute approximate surface area is 117 Å². The van der Waals surface area contributed by atoms with Crippen molar-refractivity contribution in [3.63, 3.8) is 0 Å². The Hall–Kier alpha value is -1.55. The van der Waals surface area contributed by atoms with Gasteiger partial charge in [0, 0.05) is 5.02 Å². The Morgan fingerprint density at radius 1 is 1.26 bits per heavy atom. The molecule has 0 saturated carbocycles. The van der Waals surface area contributed by atoms with Crippen molar-refractivity contribution in [2.75, 3.05) is 6.54 Å². The molecule has 0 spiro atoms. The molecule has 0 bridgehead atoms. The topological polar surface area (TPSA) is 49.4 Å². The minimum absolute atomic E-state index is 0.0745. The zero-order chi connectivity index (χ0) is 14.2. The van der Waals surface area contributed by atoms with Gasteiger partial charge >= 0.3 is 0 Å². The molecule has 1 heterocycles. The van der Waals surface area contributed by atoms with Crippen LogP contribution < -0.4 is 5.32 Å². The summed E-state index contributed by atoms with van der Waals surface area (Å²) in [5.41, 5.74) is 0.110. The average Bonchev–Trinajstić information content (AvgIpc) is 2.33. The van der Waals surface area contributed by atoms with Crippen LogP contribution in [0.2, 0.25) is 5.02 Å². The number of amides is 2. The SMILES string of the molecule is CC(c1ccc(Cl)cc1)N1CC(=O)NC(C)(C)C1=O. The summed E-state index contributed by atoms with van der Waals surface area (Å²) in [5, 5.41) is 3.35. The molecule has 2 amide bonds. The molecule has 1 aromatic carbocycles. The molecule has 1 unspecified atom stereocenters. The van der Waals surface area contributed by atoms with Crippen molar-refractivity contribution in [2.45, 2.75) is 32.4 Å². The van der Waals surface area contributed by atoms with E-state index in [-0.39, 0.29) is 24.4 Å². The molecule has 102 valence electrons. The van der Waals surface area contributed by atoms with Gasteiger partial charge in [0.05, 0.1) is 6.04 Å². The third-order valence-electron chi connectivity index (χ3n) is 3.38. The van der Waals surface area contributed by atoms with Gasteiger partial charge in [-0.2, -0.15) is 0 Å². The number of piperazine rings is 1. The van der Waals surface area contributed by atoms with Gasteiger partial charge in [0.2, 0.25) is 11.8 Å². The Kier molecular flexibility index (Phi) is 3.54. The summed E-state index contributed by atoms with van der Waals surface area (Å²) in [6, 6.07) is 7.16. The second kappa shape index (κ2) is 4.85. The highest BCUT2D eigenvalue weighted by Crippen LogP contribution is 2.26. The van der Waals surface area contributed by atoms with Crippen molar-refractivity contribution in [1.82, 2.24) is 10.2 Å². The molecule has 19 heavy (non-hydrogen) atoms. The van der Waals surface area contributed by atoms with E-state index in [1.165, 1.54) is 0 Å². The largest absolute Gasteiger partial charge is 0.341 e. The first kappa shape index (κ1) is 13.9. The Balaban J connectivity index is 2.27. The highest BCUT2D eigenvalue weighted by Gasteiger charge is 2.41. The summed E-state index contributed by atoms with van der Waals surface area (Å²) in [5.74, 6) is -0.208. The predicted octanol–water partition coefficient (Wildman–Crippen LogP) is 2.14. The van der Waals surface area contributed by atoms with Crippen LogP contribution in [-0.4, -0.2) is 28.8 Å². The smallest absolute Gasteiger partial charge is 0.248 e. The lowest BCUT2D eigenvalue weighted by atomic mass is 9.97. The van der Waals surface area contributed by atoms with E-state index in [2.05, 4.69) is 5.32 Å². The normalized spacial score (nSPS) is 20.1. The van der Waals surface area contributed by atoms with Crippen molar-refractivity contribution < 1.29 is 9.59 Å². The lowest BCUT2D eigenvalue weighted by Gasteiger charge is -2.40. The third kappa shape index (κ3) is 2.73. The first-order chi connectivity index (χ1) is 8.81. The van der Waals surface area contributed by atoms with Gasteiger partial charge in [0.15, 0.2) is 0 Å². The highest BCUT2D eigenvalue weighted by molar-refractivity contribution is 6.30. The van der Waals surface area contributed by atoms with Crippen LogP contribution in [0.1, 0.15) is 32.4 Å². The lowest BCUT2D eigenvalue weighted by molar-refractivity contribution is -0.150. The second-order valence-corrected chi connectivity index (χ2v) is 5.77. The number of rotatable bonds is 2. The Bertz CT molecular complexity index is 511. The quantitative estimate of drug-likeness (QED) is 0.902. The van der Waals surface area contributed by atoms with Gasteiger partial charge in [-0.25, -0.2) is 0 Å². The molecular weight excluding hydrogens is 264 g/mol. The summed E-state index contributed by atoms with van der Waals surface area (Å²) in [7, 11) is 0. The minimum Gasteiger partial charge on any atom is -0.341 e. The number of hydrogen-bond acceptors (Lipinski definition) is 2. The van der Waals surface area contributed by atoms with E-state index >= 15 is 0 Å². The van der Waals surface area contributed by atoms with Crippen LogP contribution >= 0.6 is 11.6 Å². The molecule has 0 radical (unpaired) electrons. The van der Waals surface area contributed by atoms with Crippen molar-refractivity contribution in [3.8, 4) is 0 Å². The van der Waals surface area contributed by atoms with Crippen LogP contribution in [-0.2, 0) is 9.59 Å². The first-order valence-corrected chi connectivity index (χ1v) is 6.56. The zero-order valence-corrected chi connectivity index (χ0v) is 12.0. The standard InChI is InChI=1S/C14H17ClN2O2/c1-9(10-4-6-11(15)7-5-10)17-8-12(18)16-14(2,3)13(17)19/h4-7,9H,8H2,1-3H3,(H,16,18). The van der Waals surface area contributed by atoms with Crippen LogP contribution in [0.5, 0.6) is 0 Å². The lowest BCUT2D eigenvalue weighted by Crippen LogP contribution is -2.64. The Morgan fingerprint density at radius 2 is 1.84 bits per heavy atom. The van der Waals surface area contributed by atoms with E-state index in [4.69, 9.17) is 11.6 Å². The number of nitrogens with zero attached hydrogens (tertiary/aromatic N) is 1. The summed E-state index contributed by atoms with van der Waals surface area (Å²) in [6.45, 7) is 5.43. The fraction of sp³-hybridized carbons (Fsp3) is 0.429. The number of benzene rings is 1. The number of carbonyl (C=O) groups is 2. The number of carbonyl (C=O) groups excluding carboxylic acids is 2. The number of hydrogen-bond donors (Lipinski definition) is 1. The fourth-order valence-corrected chi connectivity index (χ4v) is 2.39. The molecular formula is C14H17ClN2O2. The van der Waals surface area contributed by atoms with E-state index in [0.717, 1.165) is 5.56 Å². The highest BCUT2D eigenvalue weighted by atomic mass is 35.5. The molecule has 0 aromatic heterocycles. The molecule has 1 atom stereocenters. The van der Waals surface area contributed by atoms with Crippen molar-refractivity contribution in [2.24, 2.45) is 0 Å². The zero-order valence-electron chi connectivity index (χ0n) is 11.2. The van der Waals surface area contributed by atoms with Crippen LogP contribution in [0.3, 0.4) is 0 Å². The maximum atomic E-state index is 12.4. The monoisotopic (exact) mass is 280 g/mol. The van der Waals surface area contributed by atoms with E-state index in [1.54, 1.807) is 30.9 Å². The van der Waals surface area contributed by atoms with E-state index < -0.39 is 5.54 Å². The molecule has 2 rings (SSSR count). The van der Waals surface area contributed by atoms with Gasteiger partial charge in [-0.3, -0.25) is 9.59 Å². The summed E-state index contributed by atoms with van der Waals surface area (Å²) < 4.78 is 0. The van der Waals surface area contributed by atoms with Crippen LogP contribution in [0, 0.1) is 0 Å². The molecule has 5 heteroatoms. The maximum Gasteiger partial charge on any atom is 0.248 e. The first-order valence-electron chi connectivity index (χ1n) is 6.19. The fourth-order valence-electron chi connectivity index (χ4n) is 2.26. The molecule has 1 N–H and O–H groups in total. The Morgan fingerprint density at radius 3 is 2.42 bits per heavy atom. The van der Waals surface area contributed by atoms with Gasteiger partial charge in [-0.15, -0.1) is 0 Å². The molecule has 1 fully saturated rings. The van der Waals surface area contributed by atoms with Crippen LogP contribution in [0.25, 0.3) is 0 Å². The summed E-state index contributed by atoms with van der Waals surface area (Å²) in [6.07, 6.45) is 0. The molecule has 4 nitrogen and oxygen atoms in total. The molecule has 1 aliphatic heterocycles. The molecule has 1 saturated heterocycles. The van der Waals surface area contributed by atoms with Crippen molar-refractivity contribution in [3.05, 3.63) is 34.9 Å². The van der Waals surface area contributed by atoms with Crippen LogP contribution in [0.15, 0.2) is 24.3 Å². The van der Waals surface area contributed by atoms with Gasteiger partial charge in [0.1, 0.15) is 12.1 Å². The van der Waals surface area contributed by atoms with Crippen LogP contribution in [0.4, 0.5) is 0 Å². The molecule has 0 aliphatic carbocycles. The molecule has 1 aliphatic rings. The predicted molar refractivity (Wildman–Crippen MR) is 73.8 cm³/mol. The van der Waals surface area contributed by atoms with Gasteiger partial charge in [-0.05, 0) is 38.5 Å². The summed E-state index contributed by atoms with van der Waals surface area (Å²) in [4.78, 5) is 25.7.